The first kappa shape index (κ1) is 8.52. The highest BCUT2D eigenvalue weighted by molar-refractivity contribution is 4.85. The summed E-state index contributed by atoms with van der Waals surface area (Å²) in [7, 11) is 0. The highest BCUT2D eigenvalue weighted by atomic mass is 15.2. The SMILES string of the molecule is CCC1CCC2CNCCN2C1. The second-order valence-electron chi connectivity index (χ2n) is 4.20. The van der Waals surface area contributed by atoms with Crippen molar-refractivity contribution in [1.82, 2.24) is 10.2 Å². The van der Waals surface area contributed by atoms with E-state index in [2.05, 4.69) is 17.1 Å². The molecule has 0 aromatic carbocycles. The van der Waals surface area contributed by atoms with Gasteiger partial charge >= 0.3 is 0 Å². The van der Waals surface area contributed by atoms with Gasteiger partial charge in [0.2, 0.25) is 0 Å². The third-order valence-corrected chi connectivity index (χ3v) is 3.45. The van der Waals surface area contributed by atoms with Crippen molar-refractivity contribution < 1.29 is 0 Å². The van der Waals surface area contributed by atoms with Crippen molar-refractivity contribution in [2.24, 2.45) is 5.92 Å². The lowest BCUT2D eigenvalue weighted by atomic mass is 9.90. The van der Waals surface area contributed by atoms with E-state index < -0.39 is 0 Å². The van der Waals surface area contributed by atoms with Crippen LogP contribution in [0.5, 0.6) is 0 Å². The van der Waals surface area contributed by atoms with E-state index in [0.717, 1.165) is 12.0 Å². The second kappa shape index (κ2) is 3.75. The molecule has 0 aromatic rings. The van der Waals surface area contributed by atoms with Crippen LogP contribution in [-0.4, -0.2) is 37.1 Å². The van der Waals surface area contributed by atoms with Crippen LogP contribution in [0.2, 0.25) is 0 Å². The molecule has 2 aliphatic heterocycles. The first-order valence-corrected chi connectivity index (χ1v) is 5.35. The molecule has 0 aromatic heterocycles. The topological polar surface area (TPSA) is 15.3 Å². The first-order chi connectivity index (χ1) is 5.90. The summed E-state index contributed by atoms with van der Waals surface area (Å²) in [6.07, 6.45) is 4.25. The van der Waals surface area contributed by atoms with Crippen molar-refractivity contribution >= 4 is 0 Å². The van der Waals surface area contributed by atoms with Gasteiger partial charge in [0.1, 0.15) is 0 Å². The Labute approximate surface area is 75.3 Å². The summed E-state index contributed by atoms with van der Waals surface area (Å²) in [5.41, 5.74) is 0. The van der Waals surface area contributed by atoms with E-state index in [1.54, 1.807) is 0 Å². The Balaban J connectivity index is 1.90. The Morgan fingerprint density at radius 3 is 3.17 bits per heavy atom. The molecule has 2 saturated heterocycles. The Kier molecular flexibility index (Phi) is 2.66. The van der Waals surface area contributed by atoms with Crippen LogP contribution < -0.4 is 5.32 Å². The van der Waals surface area contributed by atoms with Crippen LogP contribution in [-0.2, 0) is 0 Å². The third kappa shape index (κ3) is 1.64. The molecule has 0 aliphatic carbocycles. The van der Waals surface area contributed by atoms with Crippen LogP contribution in [0.15, 0.2) is 0 Å². The van der Waals surface area contributed by atoms with Crippen molar-refractivity contribution in [2.75, 3.05) is 26.2 Å². The quantitative estimate of drug-likeness (QED) is 0.630. The van der Waals surface area contributed by atoms with Crippen LogP contribution in [0.25, 0.3) is 0 Å². The average molecular weight is 168 g/mol. The maximum absolute atomic E-state index is 3.48. The zero-order chi connectivity index (χ0) is 8.39. The predicted molar refractivity (Wildman–Crippen MR) is 51.2 cm³/mol. The summed E-state index contributed by atoms with van der Waals surface area (Å²) < 4.78 is 0. The largest absolute Gasteiger partial charge is 0.314 e. The lowest BCUT2D eigenvalue weighted by Crippen LogP contribution is -2.54. The minimum atomic E-state index is 0.863. The third-order valence-electron chi connectivity index (χ3n) is 3.45. The molecule has 0 radical (unpaired) electrons. The van der Waals surface area contributed by atoms with Crippen LogP contribution >= 0.6 is 0 Å². The Morgan fingerprint density at radius 1 is 1.42 bits per heavy atom. The minimum Gasteiger partial charge on any atom is -0.314 e. The standard InChI is InChI=1S/C10H20N2/c1-2-9-3-4-10-7-11-5-6-12(10)8-9/h9-11H,2-8H2,1H3. The molecule has 0 amide bonds. The molecule has 0 saturated carbocycles. The molecule has 2 heteroatoms. The van der Waals surface area contributed by atoms with Crippen molar-refractivity contribution in [1.29, 1.82) is 0 Å². The fourth-order valence-corrected chi connectivity index (χ4v) is 2.51. The normalized spacial score (nSPS) is 37.8. The predicted octanol–water partition coefficient (Wildman–Crippen LogP) is 1.08. The zero-order valence-electron chi connectivity index (χ0n) is 8.05. The Hall–Kier alpha value is -0.0800. The lowest BCUT2D eigenvalue weighted by molar-refractivity contribution is 0.0841. The van der Waals surface area contributed by atoms with Crippen molar-refractivity contribution in [3.63, 3.8) is 0 Å². The second-order valence-corrected chi connectivity index (χ2v) is 4.20. The van der Waals surface area contributed by atoms with E-state index in [0.29, 0.717) is 0 Å². The molecule has 2 nitrogen and oxygen atoms in total. The molecule has 2 unspecified atom stereocenters. The van der Waals surface area contributed by atoms with E-state index >= 15 is 0 Å². The molecular formula is C10H20N2. The van der Waals surface area contributed by atoms with Gasteiger partial charge in [0.05, 0.1) is 0 Å². The molecule has 2 rings (SSSR count). The van der Waals surface area contributed by atoms with Gasteiger partial charge in [-0.25, -0.2) is 0 Å². The first-order valence-electron chi connectivity index (χ1n) is 5.35. The highest BCUT2D eigenvalue weighted by Crippen LogP contribution is 2.24. The molecular weight excluding hydrogens is 148 g/mol. The van der Waals surface area contributed by atoms with E-state index in [1.807, 2.05) is 0 Å². The molecule has 12 heavy (non-hydrogen) atoms. The van der Waals surface area contributed by atoms with Gasteiger partial charge in [0, 0.05) is 32.2 Å². The lowest BCUT2D eigenvalue weighted by Gasteiger charge is -2.42. The van der Waals surface area contributed by atoms with Crippen LogP contribution in [0.3, 0.4) is 0 Å². The Morgan fingerprint density at radius 2 is 2.33 bits per heavy atom. The Bertz CT molecular complexity index is 147. The molecule has 1 N–H and O–H groups in total. The zero-order valence-corrected chi connectivity index (χ0v) is 8.05. The maximum atomic E-state index is 3.48. The fraction of sp³-hybridized carbons (Fsp3) is 1.00. The van der Waals surface area contributed by atoms with Crippen LogP contribution in [0.1, 0.15) is 26.2 Å². The van der Waals surface area contributed by atoms with Gasteiger partial charge < -0.3 is 5.32 Å². The van der Waals surface area contributed by atoms with E-state index in [-0.39, 0.29) is 0 Å². The molecule has 2 heterocycles. The van der Waals surface area contributed by atoms with Gasteiger partial charge in [-0.3, -0.25) is 4.90 Å². The van der Waals surface area contributed by atoms with Gasteiger partial charge in [-0.1, -0.05) is 13.3 Å². The molecule has 70 valence electrons. The van der Waals surface area contributed by atoms with Gasteiger partial charge in [-0.05, 0) is 18.8 Å². The number of fused-ring (bicyclic) bond motifs is 1. The molecule has 0 bridgehead atoms. The molecule has 2 aliphatic rings. The number of piperazine rings is 1. The minimum absolute atomic E-state index is 0.863. The summed E-state index contributed by atoms with van der Waals surface area (Å²) in [5, 5.41) is 3.48. The number of piperidine rings is 1. The van der Waals surface area contributed by atoms with E-state index in [4.69, 9.17) is 0 Å². The summed E-state index contributed by atoms with van der Waals surface area (Å²) >= 11 is 0. The fourth-order valence-electron chi connectivity index (χ4n) is 2.51. The van der Waals surface area contributed by atoms with Crippen LogP contribution in [0, 0.1) is 5.92 Å². The van der Waals surface area contributed by atoms with Gasteiger partial charge in [-0.15, -0.1) is 0 Å². The summed E-state index contributed by atoms with van der Waals surface area (Å²) in [4.78, 5) is 2.69. The maximum Gasteiger partial charge on any atom is 0.0221 e. The van der Waals surface area contributed by atoms with Gasteiger partial charge in [-0.2, -0.15) is 0 Å². The van der Waals surface area contributed by atoms with Crippen molar-refractivity contribution in [3.8, 4) is 0 Å². The van der Waals surface area contributed by atoms with Crippen LogP contribution in [0.4, 0.5) is 0 Å². The molecule has 0 spiro atoms. The smallest absolute Gasteiger partial charge is 0.0221 e. The van der Waals surface area contributed by atoms with Gasteiger partial charge in [0.15, 0.2) is 0 Å². The number of nitrogens with zero attached hydrogens (tertiary/aromatic N) is 1. The summed E-state index contributed by atoms with van der Waals surface area (Å²) in [6.45, 7) is 7.40. The van der Waals surface area contributed by atoms with Gasteiger partial charge in [0.25, 0.3) is 0 Å². The average Bonchev–Trinajstić information content (AvgIpc) is 2.17. The molecule has 2 fully saturated rings. The van der Waals surface area contributed by atoms with Crippen molar-refractivity contribution in [3.05, 3.63) is 0 Å². The monoisotopic (exact) mass is 168 g/mol. The number of hydrogen-bond donors (Lipinski definition) is 1. The summed E-state index contributed by atoms with van der Waals surface area (Å²) in [5.74, 6) is 0.986. The number of rotatable bonds is 1. The highest BCUT2D eigenvalue weighted by Gasteiger charge is 2.28. The number of nitrogens with one attached hydrogen (secondary N) is 1. The van der Waals surface area contributed by atoms with E-state index in [1.165, 1.54) is 45.4 Å². The van der Waals surface area contributed by atoms with Crippen molar-refractivity contribution in [2.45, 2.75) is 32.2 Å². The molecule has 2 atom stereocenters. The summed E-state index contributed by atoms with van der Waals surface area (Å²) in [6, 6.07) is 0.863. The van der Waals surface area contributed by atoms with E-state index in [9.17, 15) is 0 Å². The number of hydrogen-bond acceptors (Lipinski definition) is 2.